The highest BCUT2D eigenvalue weighted by atomic mass is 16.3. The molecule has 10 aromatic rings. The molecule has 0 spiro atoms. The molecule has 0 aliphatic heterocycles. The third kappa shape index (κ3) is 5.10. The van der Waals surface area contributed by atoms with Crippen LogP contribution >= 0.6 is 0 Å². The molecule has 3 aromatic heterocycles. The zero-order valence-electron chi connectivity index (χ0n) is 27.7. The number of nitriles is 1. The maximum absolute atomic E-state index is 9.68. The first-order valence-corrected chi connectivity index (χ1v) is 17.1. The maximum Gasteiger partial charge on any atom is 0.160 e. The lowest BCUT2D eigenvalue weighted by Crippen LogP contribution is -1.97. The minimum atomic E-state index is 0.576. The van der Waals surface area contributed by atoms with E-state index in [-0.39, 0.29) is 0 Å². The standard InChI is InChI=1S/C47H27N3O2/c48-28-29-9-8-12-33(21-29)42-27-41(30-10-2-1-3-11-30)49-47(50-42)36-23-34(31-17-19-45-39(25-31)37-13-4-6-15-43(37)51-45)22-35(24-36)32-18-20-46-40(26-32)38-14-5-7-16-44(38)52-46/h1-27H. The molecule has 5 heteroatoms. The van der Waals surface area contributed by atoms with E-state index in [0.717, 1.165) is 94.2 Å². The van der Waals surface area contributed by atoms with E-state index in [9.17, 15) is 5.26 Å². The summed E-state index contributed by atoms with van der Waals surface area (Å²) >= 11 is 0. The predicted molar refractivity (Wildman–Crippen MR) is 208 cm³/mol. The SMILES string of the molecule is N#Cc1cccc(-c2cc(-c3ccccc3)nc(-c3cc(-c4ccc5oc6ccccc6c5c4)cc(-c4ccc5oc6ccccc6c5c4)c3)n2)c1. The third-order valence-electron chi connectivity index (χ3n) is 9.69. The lowest BCUT2D eigenvalue weighted by atomic mass is 9.94. The Morgan fingerprint density at radius 1 is 0.365 bits per heavy atom. The van der Waals surface area contributed by atoms with Crippen LogP contribution in [0.25, 0.3) is 100 Å². The predicted octanol–water partition coefficient (Wildman–Crippen LogP) is 12.5. The van der Waals surface area contributed by atoms with Crippen LogP contribution in [0.2, 0.25) is 0 Å². The number of benzene rings is 7. The van der Waals surface area contributed by atoms with E-state index >= 15 is 0 Å². The molecular weight excluding hydrogens is 639 g/mol. The van der Waals surface area contributed by atoms with Crippen molar-refractivity contribution in [1.82, 2.24) is 9.97 Å². The molecule has 0 fully saturated rings. The van der Waals surface area contributed by atoms with Crippen LogP contribution in [0.1, 0.15) is 5.56 Å². The molecule has 0 aliphatic rings. The Kier molecular flexibility index (Phi) is 6.80. The van der Waals surface area contributed by atoms with Gasteiger partial charge in [0, 0.05) is 38.2 Å². The lowest BCUT2D eigenvalue weighted by Gasteiger charge is -2.13. The van der Waals surface area contributed by atoms with E-state index in [4.69, 9.17) is 18.8 Å². The van der Waals surface area contributed by atoms with Crippen LogP contribution in [0.15, 0.2) is 173 Å². The number of hydrogen-bond acceptors (Lipinski definition) is 5. The van der Waals surface area contributed by atoms with Crippen LogP contribution in [0.5, 0.6) is 0 Å². The second kappa shape index (κ2) is 11.9. The molecule has 3 heterocycles. The fourth-order valence-corrected chi connectivity index (χ4v) is 7.13. The molecule has 242 valence electrons. The Morgan fingerprint density at radius 3 is 1.50 bits per heavy atom. The van der Waals surface area contributed by atoms with Crippen LogP contribution in [0.4, 0.5) is 0 Å². The van der Waals surface area contributed by atoms with E-state index in [1.165, 1.54) is 0 Å². The Labute approximate surface area is 298 Å². The van der Waals surface area contributed by atoms with Crippen LogP contribution < -0.4 is 0 Å². The van der Waals surface area contributed by atoms with Gasteiger partial charge in [-0.05, 0) is 95.1 Å². The first-order chi connectivity index (χ1) is 25.7. The summed E-state index contributed by atoms with van der Waals surface area (Å²) in [7, 11) is 0. The maximum atomic E-state index is 9.68. The van der Waals surface area contributed by atoms with Gasteiger partial charge >= 0.3 is 0 Å². The monoisotopic (exact) mass is 665 g/mol. The summed E-state index contributed by atoms with van der Waals surface area (Å²) in [6, 6.07) is 57.5. The van der Waals surface area contributed by atoms with Crippen molar-refractivity contribution in [2.45, 2.75) is 0 Å². The van der Waals surface area contributed by atoms with Crippen LogP contribution in [0, 0.1) is 11.3 Å². The molecule has 0 amide bonds. The normalized spacial score (nSPS) is 11.4. The Balaban J connectivity index is 1.22. The second-order valence-electron chi connectivity index (χ2n) is 12.9. The second-order valence-corrected chi connectivity index (χ2v) is 12.9. The quantitative estimate of drug-likeness (QED) is 0.183. The van der Waals surface area contributed by atoms with E-state index in [1.807, 2.05) is 91.0 Å². The first-order valence-electron chi connectivity index (χ1n) is 17.1. The molecule has 0 atom stereocenters. The number of hydrogen-bond donors (Lipinski definition) is 0. The van der Waals surface area contributed by atoms with Gasteiger partial charge in [0.1, 0.15) is 22.3 Å². The molecule has 10 rings (SSSR count). The molecule has 5 nitrogen and oxygen atoms in total. The largest absolute Gasteiger partial charge is 0.456 e. The van der Waals surface area contributed by atoms with Crippen molar-refractivity contribution in [2.75, 3.05) is 0 Å². The highest BCUT2D eigenvalue weighted by molar-refractivity contribution is 6.07. The smallest absolute Gasteiger partial charge is 0.160 e. The van der Waals surface area contributed by atoms with Gasteiger partial charge in [0.15, 0.2) is 5.82 Å². The summed E-state index contributed by atoms with van der Waals surface area (Å²) in [4.78, 5) is 10.3. The molecular formula is C47H27N3O2. The highest BCUT2D eigenvalue weighted by Crippen LogP contribution is 2.39. The van der Waals surface area contributed by atoms with Crippen molar-refractivity contribution in [1.29, 1.82) is 5.26 Å². The Bertz CT molecular complexity index is 2910. The molecule has 0 unspecified atom stereocenters. The fourth-order valence-electron chi connectivity index (χ4n) is 7.13. The third-order valence-corrected chi connectivity index (χ3v) is 9.69. The minimum Gasteiger partial charge on any atom is -0.456 e. The van der Waals surface area contributed by atoms with Gasteiger partial charge in [-0.1, -0.05) is 91.0 Å². The number of para-hydroxylation sites is 2. The molecule has 7 aromatic carbocycles. The summed E-state index contributed by atoms with van der Waals surface area (Å²) in [5.74, 6) is 0.589. The molecule has 0 N–H and O–H groups in total. The van der Waals surface area contributed by atoms with Gasteiger partial charge in [-0.2, -0.15) is 5.26 Å². The lowest BCUT2D eigenvalue weighted by molar-refractivity contribution is 0.668. The average Bonchev–Trinajstić information content (AvgIpc) is 3.78. The summed E-state index contributed by atoms with van der Waals surface area (Å²) in [6.45, 7) is 0. The number of fused-ring (bicyclic) bond motifs is 6. The Morgan fingerprint density at radius 2 is 0.885 bits per heavy atom. The molecule has 52 heavy (non-hydrogen) atoms. The number of furan rings is 2. The fraction of sp³-hybridized carbons (Fsp3) is 0. The van der Waals surface area contributed by atoms with Gasteiger partial charge in [0.25, 0.3) is 0 Å². The van der Waals surface area contributed by atoms with E-state index in [0.29, 0.717) is 11.4 Å². The van der Waals surface area contributed by atoms with Crippen molar-refractivity contribution in [3.8, 4) is 62.2 Å². The van der Waals surface area contributed by atoms with Gasteiger partial charge in [-0.3, -0.25) is 0 Å². The van der Waals surface area contributed by atoms with E-state index in [1.54, 1.807) is 6.07 Å². The number of aromatic nitrogens is 2. The van der Waals surface area contributed by atoms with Crippen molar-refractivity contribution < 1.29 is 8.83 Å². The van der Waals surface area contributed by atoms with Crippen molar-refractivity contribution in [3.05, 3.63) is 169 Å². The van der Waals surface area contributed by atoms with Gasteiger partial charge in [0.05, 0.1) is 23.0 Å². The summed E-state index contributed by atoms with van der Waals surface area (Å²) in [6.07, 6.45) is 0. The van der Waals surface area contributed by atoms with Gasteiger partial charge in [0.2, 0.25) is 0 Å². The zero-order valence-corrected chi connectivity index (χ0v) is 27.7. The van der Waals surface area contributed by atoms with Crippen molar-refractivity contribution in [3.63, 3.8) is 0 Å². The summed E-state index contributed by atoms with van der Waals surface area (Å²) < 4.78 is 12.4. The van der Waals surface area contributed by atoms with Crippen LogP contribution in [-0.4, -0.2) is 9.97 Å². The molecule has 0 aliphatic carbocycles. The molecule has 0 saturated carbocycles. The zero-order chi connectivity index (χ0) is 34.6. The number of rotatable bonds is 5. The van der Waals surface area contributed by atoms with Crippen molar-refractivity contribution >= 4 is 43.9 Å². The van der Waals surface area contributed by atoms with Crippen molar-refractivity contribution in [2.24, 2.45) is 0 Å². The van der Waals surface area contributed by atoms with Gasteiger partial charge in [-0.15, -0.1) is 0 Å². The van der Waals surface area contributed by atoms with Crippen LogP contribution in [0.3, 0.4) is 0 Å². The molecule has 0 saturated heterocycles. The average molecular weight is 666 g/mol. The summed E-state index contributed by atoms with van der Waals surface area (Å²) in [5.41, 5.74) is 12.4. The minimum absolute atomic E-state index is 0.576. The van der Waals surface area contributed by atoms with Gasteiger partial charge in [-0.25, -0.2) is 9.97 Å². The number of nitrogens with zero attached hydrogens (tertiary/aromatic N) is 3. The summed E-state index contributed by atoms with van der Waals surface area (Å²) in [5, 5.41) is 14.0. The molecule has 0 radical (unpaired) electrons. The first kappa shape index (κ1) is 29.6. The van der Waals surface area contributed by atoms with Crippen LogP contribution in [-0.2, 0) is 0 Å². The van der Waals surface area contributed by atoms with Gasteiger partial charge < -0.3 is 8.83 Å². The molecule has 0 bridgehead atoms. The van der Waals surface area contributed by atoms with E-state index in [2.05, 4.69) is 72.8 Å². The highest BCUT2D eigenvalue weighted by Gasteiger charge is 2.16. The topological polar surface area (TPSA) is 75.8 Å². The Hall–Kier alpha value is -7.29. The van der Waals surface area contributed by atoms with E-state index < -0.39 is 0 Å².